The highest BCUT2D eigenvalue weighted by Crippen LogP contribution is 1.98. The largest absolute Gasteiger partial charge is 0.481 e. The number of hydrogen-bond acceptors (Lipinski definition) is 3. The molecule has 0 rings (SSSR count). The van der Waals surface area contributed by atoms with E-state index in [0.717, 1.165) is 19.3 Å². The Labute approximate surface area is 125 Å². The summed E-state index contributed by atoms with van der Waals surface area (Å²) in [7, 11) is 0. The van der Waals surface area contributed by atoms with Gasteiger partial charge in [-0.1, -0.05) is 13.3 Å². The van der Waals surface area contributed by atoms with Crippen molar-refractivity contribution in [3.63, 3.8) is 0 Å². The molecule has 4 N–H and O–H groups in total. The summed E-state index contributed by atoms with van der Waals surface area (Å²) in [5.41, 5.74) is 0. The van der Waals surface area contributed by atoms with Crippen LogP contribution < -0.4 is 16.0 Å². The molecule has 7 nitrogen and oxygen atoms in total. The van der Waals surface area contributed by atoms with Gasteiger partial charge in [-0.3, -0.25) is 9.59 Å². The van der Waals surface area contributed by atoms with E-state index in [0.29, 0.717) is 19.5 Å². The number of carboxylic acids is 1. The molecule has 0 saturated carbocycles. The molecule has 0 aliphatic rings. The fourth-order valence-corrected chi connectivity index (χ4v) is 1.58. The molecular weight excluding hydrogens is 274 g/mol. The summed E-state index contributed by atoms with van der Waals surface area (Å²) >= 11 is 0. The molecular formula is C14H27N3O4. The second-order valence-electron chi connectivity index (χ2n) is 5.01. The number of unbranched alkanes of at least 4 members (excludes halogenated alkanes) is 2. The minimum Gasteiger partial charge on any atom is -0.481 e. The van der Waals surface area contributed by atoms with Gasteiger partial charge in [-0.2, -0.15) is 0 Å². The van der Waals surface area contributed by atoms with E-state index in [1.54, 1.807) is 0 Å². The Kier molecular flexibility index (Phi) is 11.0. The number of urea groups is 1. The van der Waals surface area contributed by atoms with Gasteiger partial charge in [0, 0.05) is 32.0 Å². The van der Waals surface area contributed by atoms with Gasteiger partial charge in [0.2, 0.25) is 5.91 Å². The van der Waals surface area contributed by atoms with Gasteiger partial charge in [0.1, 0.15) is 0 Å². The van der Waals surface area contributed by atoms with Crippen molar-refractivity contribution in [3.8, 4) is 0 Å². The number of hydrogen-bond donors (Lipinski definition) is 4. The zero-order chi connectivity index (χ0) is 16.1. The molecule has 7 heteroatoms. The molecule has 0 radical (unpaired) electrons. The number of carbonyl (C=O) groups is 3. The van der Waals surface area contributed by atoms with Crippen molar-refractivity contribution in [2.75, 3.05) is 13.1 Å². The third-order valence-corrected chi connectivity index (χ3v) is 3.01. The van der Waals surface area contributed by atoms with Crippen LogP contribution in [-0.2, 0) is 9.59 Å². The minimum atomic E-state index is -0.795. The van der Waals surface area contributed by atoms with Crippen molar-refractivity contribution in [1.82, 2.24) is 16.0 Å². The van der Waals surface area contributed by atoms with E-state index < -0.39 is 5.97 Å². The van der Waals surface area contributed by atoms with Crippen molar-refractivity contribution in [2.24, 2.45) is 0 Å². The van der Waals surface area contributed by atoms with Crippen LogP contribution in [0.3, 0.4) is 0 Å². The van der Waals surface area contributed by atoms with E-state index in [1.165, 1.54) is 0 Å². The summed E-state index contributed by atoms with van der Waals surface area (Å²) in [5.74, 6) is -0.866. The lowest BCUT2D eigenvalue weighted by atomic mass is 10.2. The number of rotatable bonds is 11. The summed E-state index contributed by atoms with van der Waals surface area (Å²) in [6, 6.07) is -0.151. The Bertz CT molecular complexity index is 334. The van der Waals surface area contributed by atoms with Crippen molar-refractivity contribution in [2.45, 2.75) is 58.4 Å². The molecule has 0 aromatic heterocycles. The first-order valence-electron chi connectivity index (χ1n) is 7.48. The molecule has 0 fully saturated rings. The van der Waals surface area contributed by atoms with E-state index >= 15 is 0 Å². The smallest absolute Gasteiger partial charge is 0.314 e. The Balaban J connectivity index is 3.46. The quantitative estimate of drug-likeness (QED) is 0.430. The molecule has 0 heterocycles. The van der Waals surface area contributed by atoms with Gasteiger partial charge < -0.3 is 21.1 Å². The number of carboxylic acid groups (broad SMARTS) is 1. The zero-order valence-corrected chi connectivity index (χ0v) is 12.9. The van der Waals surface area contributed by atoms with Gasteiger partial charge in [0.15, 0.2) is 0 Å². The van der Waals surface area contributed by atoms with E-state index in [1.807, 2.05) is 13.8 Å². The average molecular weight is 301 g/mol. The Hall–Kier alpha value is -1.79. The van der Waals surface area contributed by atoms with Crippen LogP contribution in [0.4, 0.5) is 4.79 Å². The van der Waals surface area contributed by atoms with Crippen LogP contribution in [0.1, 0.15) is 52.4 Å². The molecule has 122 valence electrons. The van der Waals surface area contributed by atoms with Gasteiger partial charge in [0.05, 0.1) is 0 Å². The lowest BCUT2D eigenvalue weighted by Gasteiger charge is -2.11. The molecule has 21 heavy (non-hydrogen) atoms. The highest BCUT2D eigenvalue weighted by atomic mass is 16.4. The Morgan fingerprint density at radius 3 is 2.29 bits per heavy atom. The molecule has 0 bridgehead atoms. The maximum Gasteiger partial charge on any atom is 0.314 e. The second kappa shape index (κ2) is 12.0. The summed E-state index contributed by atoms with van der Waals surface area (Å²) in [6.45, 7) is 4.73. The van der Waals surface area contributed by atoms with Crippen LogP contribution >= 0.6 is 0 Å². The topological polar surface area (TPSA) is 108 Å². The van der Waals surface area contributed by atoms with Crippen LogP contribution in [0, 0.1) is 0 Å². The number of nitrogens with one attached hydrogen (secondary N) is 3. The van der Waals surface area contributed by atoms with Gasteiger partial charge in [-0.15, -0.1) is 0 Å². The lowest BCUT2D eigenvalue weighted by Crippen LogP contribution is -2.39. The van der Waals surface area contributed by atoms with Crippen molar-refractivity contribution >= 4 is 17.9 Å². The molecule has 0 aliphatic heterocycles. The van der Waals surface area contributed by atoms with Gasteiger partial charge in [0.25, 0.3) is 0 Å². The van der Waals surface area contributed by atoms with Gasteiger partial charge in [-0.05, 0) is 26.2 Å². The highest BCUT2D eigenvalue weighted by molar-refractivity contribution is 5.78. The predicted molar refractivity (Wildman–Crippen MR) is 80.0 cm³/mol. The van der Waals surface area contributed by atoms with E-state index in [-0.39, 0.29) is 30.8 Å². The molecule has 0 saturated heterocycles. The summed E-state index contributed by atoms with van der Waals surface area (Å²) in [4.78, 5) is 33.1. The fourth-order valence-electron chi connectivity index (χ4n) is 1.58. The van der Waals surface area contributed by atoms with Crippen LogP contribution in [0.15, 0.2) is 0 Å². The van der Waals surface area contributed by atoms with Crippen molar-refractivity contribution in [3.05, 3.63) is 0 Å². The number of amides is 3. The van der Waals surface area contributed by atoms with Crippen LogP contribution in [0.25, 0.3) is 0 Å². The zero-order valence-electron chi connectivity index (χ0n) is 12.9. The van der Waals surface area contributed by atoms with E-state index in [2.05, 4.69) is 16.0 Å². The maximum atomic E-state index is 11.5. The van der Waals surface area contributed by atoms with Crippen molar-refractivity contribution in [1.29, 1.82) is 0 Å². The monoisotopic (exact) mass is 301 g/mol. The number of aliphatic carboxylic acids is 1. The van der Waals surface area contributed by atoms with Crippen LogP contribution in [0.2, 0.25) is 0 Å². The van der Waals surface area contributed by atoms with E-state index in [4.69, 9.17) is 5.11 Å². The highest BCUT2D eigenvalue weighted by Gasteiger charge is 2.06. The average Bonchev–Trinajstić information content (AvgIpc) is 2.42. The molecule has 3 amide bonds. The number of carbonyl (C=O) groups excluding carboxylic acids is 2. The fraction of sp³-hybridized carbons (Fsp3) is 0.786. The second-order valence-corrected chi connectivity index (χ2v) is 5.01. The summed E-state index contributed by atoms with van der Waals surface area (Å²) in [6.07, 6.45) is 3.43. The predicted octanol–water partition coefficient (Wildman–Crippen LogP) is 1.24. The minimum absolute atomic E-state index is 0.0710. The standard InChI is InChI=1S/C14H27N3O4/c1-3-11(2)17-12(18)8-10-16-14(21)15-9-6-4-5-7-13(19)20/h11H,3-10H2,1-2H3,(H,17,18)(H,19,20)(H2,15,16,21). The Morgan fingerprint density at radius 1 is 1.00 bits per heavy atom. The first kappa shape index (κ1) is 19.2. The summed E-state index contributed by atoms with van der Waals surface area (Å²) < 4.78 is 0. The van der Waals surface area contributed by atoms with E-state index in [9.17, 15) is 14.4 Å². The summed E-state index contributed by atoms with van der Waals surface area (Å²) in [5, 5.41) is 16.6. The SMILES string of the molecule is CCC(C)NC(=O)CCNC(=O)NCCCCCC(=O)O. The first-order chi connectivity index (χ1) is 9.95. The van der Waals surface area contributed by atoms with Crippen LogP contribution in [-0.4, -0.2) is 42.1 Å². The maximum absolute atomic E-state index is 11.5. The van der Waals surface area contributed by atoms with Crippen molar-refractivity contribution < 1.29 is 19.5 Å². The lowest BCUT2D eigenvalue weighted by molar-refractivity contribution is -0.137. The first-order valence-corrected chi connectivity index (χ1v) is 7.48. The molecule has 0 aromatic carbocycles. The molecule has 1 atom stereocenters. The van der Waals surface area contributed by atoms with Gasteiger partial charge >= 0.3 is 12.0 Å². The normalized spacial score (nSPS) is 11.5. The van der Waals surface area contributed by atoms with Crippen LogP contribution in [0.5, 0.6) is 0 Å². The third kappa shape index (κ3) is 13.0. The molecule has 0 spiro atoms. The third-order valence-electron chi connectivity index (χ3n) is 3.01. The van der Waals surface area contributed by atoms with Gasteiger partial charge in [-0.25, -0.2) is 4.79 Å². The molecule has 0 aromatic rings. The molecule has 1 unspecified atom stereocenters. The Morgan fingerprint density at radius 2 is 1.67 bits per heavy atom. The molecule has 0 aliphatic carbocycles.